The van der Waals surface area contributed by atoms with Crippen LogP contribution in [0.4, 0.5) is 0 Å². The minimum absolute atomic E-state index is 0.421. The summed E-state index contributed by atoms with van der Waals surface area (Å²) in [4.78, 5) is 12.9. The Kier molecular flexibility index (Phi) is 5.71. The number of carbonyl (C=O) groups is 1. The Morgan fingerprint density at radius 3 is 2.37 bits per heavy atom. The van der Waals surface area contributed by atoms with E-state index in [2.05, 4.69) is 15.9 Å². The standard InChI is InChI=1S/C22H22BrNO3/c1-4-22(21(25)26-3,17-9-7-16(2)8-10-17)27-20-12-11-18(23)15-19(20)24-13-5-6-14-24/h5-15H,4H2,1-3H3/t22-/m1/s1. The SMILES string of the molecule is CC[C@](Oc1ccc(Br)cc1-n1cccc1)(C(=O)OC)c1ccc(C)cc1. The molecule has 2 aromatic carbocycles. The van der Waals surface area contributed by atoms with Gasteiger partial charge in [0.2, 0.25) is 5.60 Å². The summed E-state index contributed by atoms with van der Waals surface area (Å²) in [6, 6.07) is 17.4. The van der Waals surface area contributed by atoms with Gasteiger partial charge in [0.05, 0.1) is 12.8 Å². The number of aromatic nitrogens is 1. The van der Waals surface area contributed by atoms with Crippen molar-refractivity contribution in [2.75, 3.05) is 7.11 Å². The average molecular weight is 428 g/mol. The number of hydrogen-bond donors (Lipinski definition) is 0. The fraction of sp³-hybridized carbons (Fsp3) is 0.227. The molecule has 0 bridgehead atoms. The highest BCUT2D eigenvalue weighted by molar-refractivity contribution is 9.10. The first-order valence-corrected chi connectivity index (χ1v) is 9.57. The quantitative estimate of drug-likeness (QED) is 0.494. The monoisotopic (exact) mass is 427 g/mol. The van der Waals surface area contributed by atoms with E-state index in [9.17, 15) is 4.79 Å². The van der Waals surface area contributed by atoms with Crippen LogP contribution in [0.25, 0.3) is 5.69 Å². The lowest BCUT2D eigenvalue weighted by molar-refractivity contribution is -0.160. The summed E-state index contributed by atoms with van der Waals surface area (Å²) < 4.78 is 14.4. The summed E-state index contributed by atoms with van der Waals surface area (Å²) in [6.45, 7) is 3.93. The second-order valence-corrected chi connectivity index (χ2v) is 7.26. The topological polar surface area (TPSA) is 40.5 Å². The maximum atomic E-state index is 12.9. The molecular formula is C22H22BrNO3. The first-order valence-electron chi connectivity index (χ1n) is 8.77. The van der Waals surface area contributed by atoms with E-state index in [4.69, 9.17) is 9.47 Å². The van der Waals surface area contributed by atoms with Crippen LogP contribution in [-0.4, -0.2) is 17.6 Å². The van der Waals surface area contributed by atoms with E-state index in [1.807, 2.05) is 85.4 Å². The average Bonchev–Trinajstić information content (AvgIpc) is 3.22. The van der Waals surface area contributed by atoms with Crippen LogP contribution in [0.2, 0.25) is 0 Å². The van der Waals surface area contributed by atoms with Crippen LogP contribution in [0.1, 0.15) is 24.5 Å². The maximum absolute atomic E-state index is 12.9. The summed E-state index contributed by atoms with van der Waals surface area (Å²) in [5, 5.41) is 0. The third-order valence-electron chi connectivity index (χ3n) is 4.62. The normalized spacial score (nSPS) is 13.0. The first-order chi connectivity index (χ1) is 13.0. The van der Waals surface area contributed by atoms with Crippen molar-refractivity contribution in [3.8, 4) is 11.4 Å². The highest BCUT2D eigenvalue weighted by Crippen LogP contribution is 2.37. The van der Waals surface area contributed by atoms with Gasteiger partial charge in [-0.05, 0) is 43.7 Å². The van der Waals surface area contributed by atoms with Crippen molar-refractivity contribution in [3.63, 3.8) is 0 Å². The first kappa shape index (κ1) is 19.2. The molecule has 0 unspecified atom stereocenters. The van der Waals surface area contributed by atoms with Crippen molar-refractivity contribution >= 4 is 21.9 Å². The van der Waals surface area contributed by atoms with Gasteiger partial charge in [0.25, 0.3) is 0 Å². The maximum Gasteiger partial charge on any atom is 0.354 e. The molecule has 5 heteroatoms. The molecule has 4 nitrogen and oxygen atoms in total. The van der Waals surface area contributed by atoms with Crippen molar-refractivity contribution in [2.24, 2.45) is 0 Å². The predicted octanol–water partition coefficient (Wildman–Crippen LogP) is 5.41. The molecule has 0 saturated carbocycles. The number of ether oxygens (including phenoxy) is 2. The van der Waals surface area contributed by atoms with Gasteiger partial charge in [-0.2, -0.15) is 0 Å². The number of esters is 1. The molecule has 0 spiro atoms. The number of halogens is 1. The van der Waals surface area contributed by atoms with Crippen molar-refractivity contribution in [1.82, 2.24) is 4.57 Å². The van der Waals surface area contributed by atoms with Crippen molar-refractivity contribution < 1.29 is 14.3 Å². The number of methoxy groups -OCH3 is 1. The Labute approximate surface area is 167 Å². The van der Waals surface area contributed by atoms with Crippen LogP contribution in [0.15, 0.2) is 71.5 Å². The number of benzene rings is 2. The van der Waals surface area contributed by atoms with Gasteiger partial charge in [-0.15, -0.1) is 0 Å². The molecule has 3 rings (SSSR count). The van der Waals surface area contributed by atoms with Crippen molar-refractivity contribution in [3.05, 3.63) is 82.6 Å². The van der Waals surface area contributed by atoms with Crippen LogP contribution < -0.4 is 4.74 Å². The highest BCUT2D eigenvalue weighted by Gasteiger charge is 2.43. The summed E-state index contributed by atoms with van der Waals surface area (Å²) >= 11 is 3.51. The van der Waals surface area contributed by atoms with Gasteiger partial charge in [-0.25, -0.2) is 4.79 Å². The fourth-order valence-electron chi connectivity index (χ4n) is 3.09. The number of nitrogens with zero attached hydrogens (tertiary/aromatic N) is 1. The summed E-state index contributed by atoms with van der Waals surface area (Å²) in [7, 11) is 1.39. The Balaban J connectivity index is 2.13. The summed E-state index contributed by atoms with van der Waals surface area (Å²) in [5.74, 6) is 0.178. The predicted molar refractivity (Wildman–Crippen MR) is 109 cm³/mol. The molecule has 0 aliphatic heterocycles. The molecule has 0 amide bonds. The molecule has 0 N–H and O–H groups in total. The number of aryl methyl sites for hydroxylation is 1. The molecule has 0 aliphatic rings. The van der Waals surface area contributed by atoms with E-state index in [0.29, 0.717) is 12.2 Å². The van der Waals surface area contributed by atoms with Crippen LogP contribution in [0, 0.1) is 6.92 Å². The van der Waals surface area contributed by atoms with Crippen molar-refractivity contribution in [2.45, 2.75) is 25.9 Å². The number of rotatable bonds is 6. The zero-order valence-corrected chi connectivity index (χ0v) is 17.2. The lowest BCUT2D eigenvalue weighted by atomic mass is 9.90. The van der Waals surface area contributed by atoms with E-state index in [0.717, 1.165) is 21.3 Å². The molecule has 0 fully saturated rings. The minimum Gasteiger partial charge on any atom is -0.469 e. The van der Waals surface area contributed by atoms with Crippen molar-refractivity contribution in [1.29, 1.82) is 0 Å². The largest absolute Gasteiger partial charge is 0.469 e. The Bertz CT molecular complexity index is 919. The zero-order chi connectivity index (χ0) is 19.4. The lowest BCUT2D eigenvalue weighted by Gasteiger charge is -2.32. The van der Waals surface area contributed by atoms with Gasteiger partial charge in [-0.1, -0.05) is 52.7 Å². The fourth-order valence-corrected chi connectivity index (χ4v) is 3.44. The number of carbonyl (C=O) groups excluding carboxylic acids is 1. The van der Waals surface area contributed by atoms with Gasteiger partial charge < -0.3 is 14.0 Å². The van der Waals surface area contributed by atoms with Crippen LogP contribution in [0.5, 0.6) is 5.75 Å². The molecule has 0 aliphatic carbocycles. The Hall–Kier alpha value is -2.53. The number of hydrogen-bond acceptors (Lipinski definition) is 3. The summed E-state index contributed by atoms with van der Waals surface area (Å²) in [5.41, 5.74) is 1.50. The van der Waals surface area contributed by atoms with Gasteiger partial charge in [-0.3, -0.25) is 0 Å². The van der Waals surface area contributed by atoms with E-state index in [1.54, 1.807) is 0 Å². The molecule has 0 radical (unpaired) electrons. The molecule has 0 saturated heterocycles. The van der Waals surface area contributed by atoms with E-state index >= 15 is 0 Å². The molecule has 1 aromatic heterocycles. The third-order valence-corrected chi connectivity index (χ3v) is 5.11. The van der Waals surface area contributed by atoms with Gasteiger partial charge in [0.15, 0.2) is 0 Å². The Morgan fingerprint density at radius 2 is 1.78 bits per heavy atom. The molecule has 3 aromatic rings. The van der Waals surface area contributed by atoms with Gasteiger partial charge in [0, 0.05) is 22.4 Å². The van der Waals surface area contributed by atoms with E-state index in [1.165, 1.54) is 7.11 Å². The van der Waals surface area contributed by atoms with E-state index < -0.39 is 11.6 Å². The van der Waals surface area contributed by atoms with E-state index in [-0.39, 0.29) is 0 Å². The van der Waals surface area contributed by atoms with Crippen LogP contribution >= 0.6 is 15.9 Å². The lowest BCUT2D eigenvalue weighted by Crippen LogP contribution is -2.42. The van der Waals surface area contributed by atoms with Gasteiger partial charge in [0.1, 0.15) is 5.75 Å². The second-order valence-electron chi connectivity index (χ2n) is 6.34. The van der Waals surface area contributed by atoms with Crippen LogP contribution in [0.3, 0.4) is 0 Å². The Morgan fingerprint density at radius 1 is 1.11 bits per heavy atom. The molecule has 27 heavy (non-hydrogen) atoms. The van der Waals surface area contributed by atoms with Gasteiger partial charge >= 0.3 is 5.97 Å². The van der Waals surface area contributed by atoms with Crippen LogP contribution in [-0.2, 0) is 15.1 Å². The molecule has 140 valence electrons. The second kappa shape index (κ2) is 8.01. The highest BCUT2D eigenvalue weighted by atomic mass is 79.9. The molecule has 1 heterocycles. The summed E-state index contributed by atoms with van der Waals surface area (Å²) in [6.07, 6.45) is 4.31. The minimum atomic E-state index is -1.22. The zero-order valence-electron chi connectivity index (χ0n) is 15.6. The third kappa shape index (κ3) is 3.78. The molecular weight excluding hydrogens is 406 g/mol. The smallest absolute Gasteiger partial charge is 0.354 e. The molecule has 1 atom stereocenters.